The highest BCUT2D eigenvalue weighted by Gasteiger charge is 2.33. The van der Waals surface area contributed by atoms with Gasteiger partial charge in [0.05, 0.1) is 17.4 Å². The predicted octanol–water partition coefficient (Wildman–Crippen LogP) is 3.40. The highest BCUT2D eigenvalue weighted by Crippen LogP contribution is 2.35. The maximum Gasteiger partial charge on any atom is 0.223 e. The lowest BCUT2D eigenvalue weighted by Gasteiger charge is -2.28. The minimum absolute atomic E-state index is 0.0537. The molecule has 1 saturated heterocycles. The summed E-state index contributed by atoms with van der Waals surface area (Å²) >= 11 is 0. The average Bonchev–Trinajstić information content (AvgIpc) is 3.32. The zero-order valence-corrected chi connectivity index (χ0v) is 17.5. The Labute approximate surface area is 172 Å². The molecule has 4 rings (SSSR count). The lowest BCUT2D eigenvalue weighted by atomic mass is 10.0. The molecule has 152 valence electrons. The molecule has 1 atom stereocenters. The number of fused-ring (bicyclic) bond motifs is 1. The summed E-state index contributed by atoms with van der Waals surface area (Å²) in [5, 5.41) is 4.71. The summed E-state index contributed by atoms with van der Waals surface area (Å²) in [5.74, 6) is 0.223. The van der Waals surface area contributed by atoms with Crippen molar-refractivity contribution in [1.82, 2.24) is 24.4 Å². The third kappa shape index (κ3) is 4.17. The Balaban J connectivity index is 1.63. The van der Waals surface area contributed by atoms with Crippen LogP contribution in [-0.4, -0.2) is 50.9 Å². The molecule has 0 radical (unpaired) electrons. The quantitative estimate of drug-likeness (QED) is 0.646. The molecule has 0 aliphatic carbocycles. The Bertz CT molecular complexity index is 995. The first-order valence-corrected chi connectivity index (χ1v) is 10.3. The second kappa shape index (κ2) is 8.33. The van der Waals surface area contributed by atoms with Crippen LogP contribution in [0.5, 0.6) is 0 Å². The zero-order valence-electron chi connectivity index (χ0n) is 17.5. The van der Waals surface area contributed by atoms with E-state index in [0.717, 1.165) is 55.0 Å². The molecule has 3 aromatic rings. The zero-order chi connectivity index (χ0) is 20.4. The minimum Gasteiger partial charge on any atom is -0.334 e. The molecule has 1 fully saturated rings. The van der Waals surface area contributed by atoms with Crippen LogP contribution in [0.25, 0.3) is 5.65 Å². The van der Waals surface area contributed by atoms with E-state index >= 15 is 0 Å². The summed E-state index contributed by atoms with van der Waals surface area (Å²) in [7, 11) is 4.11. The Morgan fingerprint density at radius 1 is 1.24 bits per heavy atom. The normalized spacial score (nSPS) is 16.8. The fraction of sp³-hybridized carbons (Fsp3) is 0.435. The molecule has 6 heteroatoms. The van der Waals surface area contributed by atoms with Crippen LogP contribution in [0.15, 0.2) is 42.6 Å². The summed E-state index contributed by atoms with van der Waals surface area (Å²) in [6.07, 6.45) is 5.26. The van der Waals surface area contributed by atoms with Crippen molar-refractivity contribution < 1.29 is 4.79 Å². The van der Waals surface area contributed by atoms with E-state index in [4.69, 9.17) is 5.10 Å². The average molecular weight is 392 g/mol. The van der Waals surface area contributed by atoms with Crippen LogP contribution in [0.2, 0.25) is 0 Å². The number of hydrogen-bond acceptors (Lipinski definition) is 4. The van der Waals surface area contributed by atoms with E-state index in [0.29, 0.717) is 6.42 Å². The maximum atomic E-state index is 13.1. The highest BCUT2D eigenvalue weighted by atomic mass is 16.2. The molecule has 0 saturated carbocycles. The molecule has 1 amide bonds. The molecule has 0 bridgehead atoms. The van der Waals surface area contributed by atoms with E-state index in [1.54, 1.807) is 0 Å². The van der Waals surface area contributed by atoms with Crippen LogP contribution in [-0.2, 0) is 17.8 Å². The lowest BCUT2D eigenvalue weighted by molar-refractivity contribution is -0.132. The Morgan fingerprint density at radius 2 is 2.03 bits per heavy atom. The number of aryl methyl sites for hydroxylation is 2. The van der Waals surface area contributed by atoms with Gasteiger partial charge in [-0.15, -0.1) is 0 Å². The van der Waals surface area contributed by atoms with Crippen LogP contribution < -0.4 is 0 Å². The fourth-order valence-corrected chi connectivity index (χ4v) is 4.31. The smallest absolute Gasteiger partial charge is 0.223 e. The van der Waals surface area contributed by atoms with Gasteiger partial charge in [-0.2, -0.15) is 5.10 Å². The van der Waals surface area contributed by atoms with Gasteiger partial charge in [0.15, 0.2) is 5.65 Å². The van der Waals surface area contributed by atoms with Crippen molar-refractivity contribution in [2.75, 3.05) is 20.6 Å². The molecule has 0 N–H and O–H groups in total. The van der Waals surface area contributed by atoms with Crippen molar-refractivity contribution in [2.45, 2.75) is 45.2 Å². The van der Waals surface area contributed by atoms with Crippen LogP contribution in [0, 0.1) is 6.92 Å². The molecule has 1 aromatic carbocycles. The van der Waals surface area contributed by atoms with Crippen molar-refractivity contribution in [1.29, 1.82) is 0 Å². The van der Waals surface area contributed by atoms with Gasteiger partial charge in [0.1, 0.15) is 0 Å². The van der Waals surface area contributed by atoms with Gasteiger partial charge in [-0.3, -0.25) is 4.79 Å². The van der Waals surface area contributed by atoms with Crippen molar-refractivity contribution in [3.63, 3.8) is 0 Å². The van der Waals surface area contributed by atoms with Gasteiger partial charge in [-0.05, 0) is 45.8 Å². The number of rotatable bonds is 6. The second-order valence-corrected chi connectivity index (χ2v) is 8.19. The van der Waals surface area contributed by atoms with Crippen molar-refractivity contribution >= 4 is 11.6 Å². The number of nitrogens with zero attached hydrogens (tertiary/aromatic N) is 5. The van der Waals surface area contributed by atoms with Crippen LogP contribution in [0.3, 0.4) is 0 Å². The number of amides is 1. The van der Waals surface area contributed by atoms with Gasteiger partial charge in [0.2, 0.25) is 5.91 Å². The van der Waals surface area contributed by atoms with Crippen LogP contribution in [0.4, 0.5) is 0 Å². The number of hydrogen-bond donors (Lipinski definition) is 0. The van der Waals surface area contributed by atoms with Crippen molar-refractivity contribution in [3.05, 3.63) is 65.1 Å². The first-order chi connectivity index (χ1) is 14.0. The van der Waals surface area contributed by atoms with Crippen LogP contribution in [0.1, 0.15) is 47.8 Å². The van der Waals surface area contributed by atoms with Gasteiger partial charge in [0, 0.05) is 37.3 Å². The van der Waals surface area contributed by atoms with E-state index in [1.165, 1.54) is 5.56 Å². The highest BCUT2D eigenvalue weighted by molar-refractivity contribution is 5.77. The largest absolute Gasteiger partial charge is 0.334 e. The van der Waals surface area contributed by atoms with Crippen LogP contribution >= 0.6 is 0 Å². The number of likely N-dealkylation sites (tertiary alicyclic amines) is 1. The van der Waals surface area contributed by atoms with Gasteiger partial charge >= 0.3 is 0 Å². The molecule has 1 aliphatic rings. The van der Waals surface area contributed by atoms with Crippen molar-refractivity contribution in [2.24, 2.45) is 0 Å². The molecule has 1 unspecified atom stereocenters. The van der Waals surface area contributed by atoms with Gasteiger partial charge in [-0.25, -0.2) is 9.50 Å². The maximum absolute atomic E-state index is 13.1. The van der Waals surface area contributed by atoms with E-state index < -0.39 is 0 Å². The minimum atomic E-state index is 0.0537. The summed E-state index contributed by atoms with van der Waals surface area (Å²) in [5.41, 5.74) is 5.25. The third-order valence-corrected chi connectivity index (χ3v) is 5.57. The number of benzene rings is 1. The van der Waals surface area contributed by atoms with Crippen molar-refractivity contribution in [3.8, 4) is 0 Å². The lowest BCUT2D eigenvalue weighted by Crippen LogP contribution is -2.33. The number of aromatic nitrogens is 3. The van der Waals surface area contributed by atoms with E-state index in [9.17, 15) is 4.79 Å². The van der Waals surface area contributed by atoms with Gasteiger partial charge < -0.3 is 9.80 Å². The molecule has 6 nitrogen and oxygen atoms in total. The topological polar surface area (TPSA) is 53.7 Å². The Morgan fingerprint density at radius 3 is 2.79 bits per heavy atom. The Hall–Kier alpha value is -2.73. The SMILES string of the molecule is Cc1cc2ncc(CN(C)C)c(C3CCCN3C(=O)CCc3ccccc3)n2n1. The summed E-state index contributed by atoms with van der Waals surface area (Å²) in [6.45, 7) is 3.57. The molecular weight excluding hydrogens is 362 g/mol. The number of carbonyl (C=O) groups is 1. The standard InChI is InChI=1S/C23H29N5O/c1-17-14-21-24-15-19(16-26(2)3)23(28(21)25-17)20-10-7-13-27(20)22(29)12-11-18-8-5-4-6-9-18/h4-6,8-9,14-15,20H,7,10-13,16H2,1-3H3. The summed E-state index contributed by atoms with van der Waals surface area (Å²) < 4.78 is 1.96. The molecule has 2 aromatic heterocycles. The second-order valence-electron chi connectivity index (χ2n) is 8.19. The molecule has 1 aliphatic heterocycles. The molecule has 29 heavy (non-hydrogen) atoms. The van der Waals surface area contributed by atoms with E-state index in [2.05, 4.69) is 41.0 Å². The number of carbonyl (C=O) groups excluding carboxylic acids is 1. The third-order valence-electron chi connectivity index (χ3n) is 5.57. The summed E-state index contributed by atoms with van der Waals surface area (Å²) in [6, 6.07) is 12.3. The monoisotopic (exact) mass is 391 g/mol. The molecule has 0 spiro atoms. The Kier molecular flexibility index (Phi) is 5.62. The van der Waals surface area contributed by atoms with E-state index in [1.807, 2.05) is 41.9 Å². The van der Waals surface area contributed by atoms with E-state index in [-0.39, 0.29) is 11.9 Å². The fourth-order valence-electron chi connectivity index (χ4n) is 4.31. The molecule has 3 heterocycles. The van der Waals surface area contributed by atoms with Gasteiger partial charge in [0.25, 0.3) is 0 Å². The predicted molar refractivity (Wildman–Crippen MR) is 114 cm³/mol. The summed E-state index contributed by atoms with van der Waals surface area (Å²) in [4.78, 5) is 22.0. The van der Waals surface area contributed by atoms with Gasteiger partial charge in [-0.1, -0.05) is 30.3 Å². The molecular formula is C23H29N5O. The first kappa shape index (κ1) is 19.6. The first-order valence-electron chi connectivity index (χ1n) is 10.3.